The van der Waals surface area contributed by atoms with Crippen LogP contribution in [0.25, 0.3) is 0 Å². The molecular weight excluding hydrogens is 286 g/mol. The van der Waals surface area contributed by atoms with Crippen molar-refractivity contribution in [1.29, 1.82) is 0 Å². The Morgan fingerprint density at radius 1 is 1.52 bits per heavy atom. The second-order valence-electron chi connectivity index (χ2n) is 5.69. The molecule has 0 aliphatic carbocycles. The Balaban J connectivity index is 1.85. The Hall–Kier alpha value is -1.40. The predicted molar refractivity (Wildman–Crippen MR) is 83.6 cm³/mol. The zero-order valence-electron chi connectivity index (χ0n) is 12.9. The van der Waals surface area contributed by atoms with Gasteiger partial charge in [0.25, 0.3) is 5.91 Å². The fourth-order valence-electron chi connectivity index (χ4n) is 2.63. The van der Waals surface area contributed by atoms with Gasteiger partial charge >= 0.3 is 6.03 Å². The Bertz CT molecular complexity index is 515. The molecule has 1 unspecified atom stereocenters. The number of hydrogen-bond acceptors (Lipinski definition) is 3. The van der Waals surface area contributed by atoms with E-state index in [4.69, 9.17) is 0 Å². The van der Waals surface area contributed by atoms with Gasteiger partial charge in [0, 0.05) is 22.9 Å². The van der Waals surface area contributed by atoms with Gasteiger partial charge in [0.05, 0.1) is 6.54 Å². The third-order valence-electron chi connectivity index (χ3n) is 4.16. The molecule has 1 aromatic rings. The highest BCUT2D eigenvalue weighted by Crippen LogP contribution is 2.24. The first-order valence-corrected chi connectivity index (χ1v) is 8.40. The van der Waals surface area contributed by atoms with Gasteiger partial charge in [-0.1, -0.05) is 6.92 Å². The summed E-state index contributed by atoms with van der Waals surface area (Å²) < 4.78 is 0. The van der Waals surface area contributed by atoms with Crippen LogP contribution in [0.2, 0.25) is 0 Å². The second-order valence-corrected chi connectivity index (χ2v) is 6.69. The predicted octanol–water partition coefficient (Wildman–Crippen LogP) is 0.874. The van der Waals surface area contributed by atoms with Gasteiger partial charge in [-0.05, 0) is 31.7 Å². The van der Waals surface area contributed by atoms with E-state index >= 15 is 0 Å². The Morgan fingerprint density at radius 3 is 3.00 bits per heavy atom. The van der Waals surface area contributed by atoms with E-state index in [9.17, 15) is 9.59 Å². The van der Waals surface area contributed by atoms with Gasteiger partial charge in [0.15, 0.2) is 6.54 Å². The van der Waals surface area contributed by atoms with E-state index in [1.54, 1.807) is 11.3 Å². The van der Waals surface area contributed by atoms with Crippen molar-refractivity contribution < 1.29 is 14.5 Å². The standard InChI is InChI=1S/C15H23N3O2S/c1-4-10(2)16-15(20)17-14(19)9-18-7-5-13-12(11(18)3)6-8-21-13/h6,8,10-11H,4-5,7,9H2,1-3H3,(H2,16,17,19,20)/p+1/t10-,11+/m1/s1. The van der Waals surface area contributed by atoms with Crippen LogP contribution in [0.4, 0.5) is 4.79 Å². The highest BCUT2D eigenvalue weighted by atomic mass is 32.1. The number of nitrogens with one attached hydrogen (secondary N) is 3. The first-order valence-electron chi connectivity index (χ1n) is 7.52. The number of hydrogen-bond donors (Lipinski definition) is 3. The summed E-state index contributed by atoms with van der Waals surface area (Å²) in [5.74, 6) is -0.212. The molecule has 116 valence electrons. The average molecular weight is 310 g/mol. The lowest BCUT2D eigenvalue weighted by atomic mass is 10.0. The molecule has 0 radical (unpaired) electrons. The average Bonchev–Trinajstić information content (AvgIpc) is 2.90. The van der Waals surface area contributed by atoms with Crippen LogP contribution in [0, 0.1) is 0 Å². The maximum atomic E-state index is 12.0. The minimum atomic E-state index is -0.394. The van der Waals surface area contributed by atoms with Gasteiger partial charge in [-0.2, -0.15) is 0 Å². The number of carbonyl (C=O) groups excluding carboxylic acids is 2. The normalized spacial score (nSPS) is 22.2. The van der Waals surface area contributed by atoms with Crippen molar-refractivity contribution in [3.8, 4) is 0 Å². The topological polar surface area (TPSA) is 62.6 Å². The van der Waals surface area contributed by atoms with Crippen molar-refractivity contribution >= 4 is 23.3 Å². The maximum absolute atomic E-state index is 12.0. The first-order chi connectivity index (χ1) is 10.0. The van der Waals surface area contributed by atoms with Gasteiger partial charge in [-0.15, -0.1) is 11.3 Å². The van der Waals surface area contributed by atoms with Crippen LogP contribution in [0.15, 0.2) is 11.4 Å². The highest BCUT2D eigenvalue weighted by molar-refractivity contribution is 7.10. The largest absolute Gasteiger partial charge is 0.335 e. The highest BCUT2D eigenvalue weighted by Gasteiger charge is 2.30. The number of rotatable bonds is 4. The van der Waals surface area contributed by atoms with Gasteiger partial charge in [0.1, 0.15) is 6.04 Å². The summed E-state index contributed by atoms with van der Waals surface area (Å²) in [7, 11) is 0. The summed E-state index contributed by atoms with van der Waals surface area (Å²) in [6.45, 7) is 7.33. The molecule has 0 saturated heterocycles. The number of quaternary nitrogens is 1. The third-order valence-corrected chi connectivity index (χ3v) is 5.16. The molecule has 0 saturated carbocycles. The van der Waals surface area contributed by atoms with Crippen LogP contribution in [0.5, 0.6) is 0 Å². The van der Waals surface area contributed by atoms with E-state index in [0.29, 0.717) is 12.6 Å². The van der Waals surface area contributed by atoms with Gasteiger partial charge in [0.2, 0.25) is 0 Å². The van der Waals surface area contributed by atoms with Crippen LogP contribution in [-0.4, -0.2) is 31.1 Å². The van der Waals surface area contributed by atoms with E-state index in [1.165, 1.54) is 15.3 Å². The van der Waals surface area contributed by atoms with Gasteiger partial charge < -0.3 is 10.2 Å². The smallest absolute Gasteiger partial charge is 0.321 e. The fraction of sp³-hybridized carbons (Fsp3) is 0.600. The number of imide groups is 1. The molecule has 3 atom stereocenters. The van der Waals surface area contributed by atoms with E-state index in [-0.39, 0.29) is 11.9 Å². The Morgan fingerprint density at radius 2 is 2.29 bits per heavy atom. The lowest BCUT2D eigenvalue weighted by molar-refractivity contribution is -0.924. The number of amides is 3. The summed E-state index contributed by atoms with van der Waals surface area (Å²) in [5.41, 5.74) is 1.35. The maximum Gasteiger partial charge on any atom is 0.321 e. The zero-order valence-corrected chi connectivity index (χ0v) is 13.7. The molecule has 5 nitrogen and oxygen atoms in total. The summed E-state index contributed by atoms with van der Waals surface area (Å²) in [5, 5.41) is 7.28. The third kappa shape index (κ3) is 4.04. The minimum absolute atomic E-state index is 0.0763. The molecule has 0 aromatic carbocycles. The number of fused-ring (bicyclic) bond motifs is 1. The zero-order chi connectivity index (χ0) is 15.4. The van der Waals surface area contributed by atoms with Gasteiger partial charge in [-0.25, -0.2) is 4.79 Å². The molecule has 0 bridgehead atoms. The van der Waals surface area contributed by atoms with Crippen LogP contribution >= 0.6 is 11.3 Å². The molecule has 2 heterocycles. The number of thiophene rings is 1. The molecule has 0 spiro atoms. The minimum Gasteiger partial charge on any atom is -0.335 e. The van der Waals surface area contributed by atoms with E-state index in [1.807, 2.05) is 13.8 Å². The van der Waals surface area contributed by atoms with Crippen molar-refractivity contribution in [3.05, 3.63) is 21.9 Å². The summed E-state index contributed by atoms with van der Waals surface area (Å²) in [6, 6.07) is 2.14. The molecule has 1 aromatic heterocycles. The van der Waals surface area contributed by atoms with E-state index in [0.717, 1.165) is 19.4 Å². The van der Waals surface area contributed by atoms with Crippen molar-refractivity contribution in [3.63, 3.8) is 0 Å². The molecular formula is C15H24N3O2S+. The van der Waals surface area contributed by atoms with Crippen LogP contribution < -0.4 is 15.5 Å². The summed E-state index contributed by atoms with van der Waals surface area (Å²) >= 11 is 1.79. The molecule has 0 fully saturated rings. The molecule has 3 N–H and O–H groups in total. The molecule has 2 rings (SSSR count). The lowest BCUT2D eigenvalue weighted by Crippen LogP contribution is -3.14. The molecule has 1 aliphatic heterocycles. The summed E-state index contributed by atoms with van der Waals surface area (Å²) in [6.07, 6.45) is 1.86. The number of urea groups is 1. The Labute approximate surface area is 129 Å². The van der Waals surface area contributed by atoms with Crippen LogP contribution in [0.1, 0.15) is 43.7 Å². The second kappa shape index (κ2) is 7.04. The van der Waals surface area contributed by atoms with Crippen molar-refractivity contribution in [2.24, 2.45) is 0 Å². The Kier molecular flexibility index (Phi) is 5.36. The first kappa shape index (κ1) is 16.0. The van der Waals surface area contributed by atoms with Crippen LogP contribution in [-0.2, 0) is 11.2 Å². The van der Waals surface area contributed by atoms with E-state index < -0.39 is 6.03 Å². The van der Waals surface area contributed by atoms with Crippen molar-refractivity contribution in [2.45, 2.75) is 45.7 Å². The lowest BCUT2D eigenvalue weighted by Gasteiger charge is -2.29. The monoisotopic (exact) mass is 310 g/mol. The SMILES string of the molecule is CC[C@@H](C)NC(=O)NC(=O)C[NH+]1CCc2sccc2[C@@H]1C. The molecule has 21 heavy (non-hydrogen) atoms. The molecule has 1 aliphatic rings. The van der Waals surface area contributed by atoms with Crippen molar-refractivity contribution in [1.82, 2.24) is 10.6 Å². The van der Waals surface area contributed by atoms with Crippen LogP contribution in [0.3, 0.4) is 0 Å². The quantitative estimate of drug-likeness (QED) is 0.773. The fourth-order valence-corrected chi connectivity index (χ4v) is 3.61. The molecule has 6 heteroatoms. The van der Waals surface area contributed by atoms with Gasteiger partial charge in [-0.3, -0.25) is 10.1 Å². The summed E-state index contributed by atoms with van der Waals surface area (Å²) in [4.78, 5) is 26.3. The molecule has 3 amide bonds. The van der Waals surface area contributed by atoms with E-state index in [2.05, 4.69) is 29.0 Å². The van der Waals surface area contributed by atoms with Crippen molar-refractivity contribution in [2.75, 3.05) is 13.1 Å². The number of carbonyl (C=O) groups is 2.